The molecule has 3 nitrogen and oxygen atoms in total. The van der Waals surface area contributed by atoms with Crippen LogP contribution in [0, 0.1) is 5.82 Å². The van der Waals surface area contributed by atoms with Gasteiger partial charge < -0.3 is 14.8 Å². The molecule has 0 aliphatic carbocycles. The first-order chi connectivity index (χ1) is 9.71. The highest BCUT2D eigenvalue weighted by Crippen LogP contribution is 2.26. The third-order valence-electron chi connectivity index (χ3n) is 2.66. The lowest BCUT2D eigenvalue weighted by atomic mass is 10.2. The topological polar surface area (TPSA) is 30.5 Å². The van der Waals surface area contributed by atoms with Crippen molar-refractivity contribution in [1.82, 2.24) is 5.32 Å². The van der Waals surface area contributed by atoms with Crippen molar-refractivity contribution in [3.8, 4) is 17.2 Å². The Morgan fingerprint density at radius 2 is 1.85 bits per heavy atom. The van der Waals surface area contributed by atoms with E-state index >= 15 is 0 Å². The van der Waals surface area contributed by atoms with E-state index in [-0.39, 0.29) is 5.82 Å². The van der Waals surface area contributed by atoms with E-state index in [0.717, 1.165) is 11.3 Å². The fraction of sp³-hybridized carbons (Fsp3) is 0.250. The summed E-state index contributed by atoms with van der Waals surface area (Å²) in [5, 5.41) is 2.99. The smallest absolute Gasteiger partial charge is 0.131 e. The Hall–Kier alpha value is -2.07. The number of hydrogen-bond acceptors (Lipinski definition) is 3. The molecular formula is C16H18FNO2. The molecule has 0 atom stereocenters. The molecule has 2 aromatic carbocycles. The van der Waals surface area contributed by atoms with Crippen LogP contribution in [0.15, 0.2) is 42.5 Å². The molecule has 0 bridgehead atoms. The lowest BCUT2D eigenvalue weighted by Gasteiger charge is -2.10. The number of ether oxygens (including phenoxy) is 2. The summed E-state index contributed by atoms with van der Waals surface area (Å²) in [4.78, 5) is 0. The quantitative estimate of drug-likeness (QED) is 0.871. The van der Waals surface area contributed by atoms with Crippen molar-refractivity contribution in [3.63, 3.8) is 0 Å². The number of rotatable bonds is 6. The Morgan fingerprint density at radius 1 is 1.05 bits per heavy atom. The molecule has 0 aliphatic heterocycles. The van der Waals surface area contributed by atoms with Crippen molar-refractivity contribution >= 4 is 0 Å². The van der Waals surface area contributed by atoms with Gasteiger partial charge in [0, 0.05) is 18.7 Å². The van der Waals surface area contributed by atoms with Gasteiger partial charge in [-0.15, -0.1) is 0 Å². The molecule has 2 rings (SSSR count). The Kier molecular flexibility index (Phi) is 4.96. The first-order valence-electron chi connectivity index (χ1n) is 6.56. The second-order valence-electron chi connectivity index (χ2n) is 4.34. The summed E-state index contributed by atoms with van der Waals surface area (Å²) in [7, 11) is 1.82. The first kappa shape index (κ1) is 14.3. The Bertz CT molecular complexity index is 572. The molecule has 0 aliphatic rings. The van der Waals surface area contributed by atoms with Gasteiger partial charge in [-0.25, -0.2) is 4.39 Å². The van der Waals surface area contributed by atoms with Crippen LogP contribution < -0.4 is 14.8 Å². The Labute approximate surface area is 118 Å². The van der Waals surface area contributed by atoms with E-state index in [1.807, 2.05) is 38.2 Å². The predicted molar refractivity (Wildman–Crippen MR) is 76.8 cm³/mol. The lowest BCUT2D eigenvalue weighted by Crippen LogP contribution is -2.05. The number of benzene rings is 2. The van der Waals surface area contributed by atoms with E-state index in [9.17, 15) is 4.39 Å². The lowest BCUT2D eigenvalue weighted by molar-refractivity contribution is 0.338. The van der Waals surface area contributed by atoms with Crippen molar-refractivity contribution in [2.75, 3.05) is 13.7 Å². The minimum absolute atomic E-state index is 0.311. The SMILES string of the molecule is CCOc1cccc(Oc2cc(F)cc(CNC)c2)c1. The third kappa shape index (κ3) is 3.96. The molecule has 1 N–H and O–H groups in total. The van der Waals surface area contributed by atoms with Gasteiger partial charge in [0.25, 0.3) is 0 Å². The van der Waals surface area contributed by atoms with Crippen molar-refractivity contribution < 1.29 is 13.9 Å². The summed E-state index contributed by atoms with van der Waals surface area (Å²) < 4.78 is 24.6. The molecule has 0 amide bonds. The monoisotopic (exact) mass is 275 g/mol. The summed E-state index contributed by atoms with van der Waals surface area (Å²) >= 11 is 0. The zero-order chi connectivity index (χ0) is 14.4. The van der Waals surface area contributed by atoms with E-state index in [2.05, 4.69) is 5.32 Å². The number of hydrogen-bond donors (Lipinski definition) is 1. The second kappa shape index (κ2) is 6.91. The molecule has 106 valence electrons. The summed E-state index contributed by atoms with van der Waals surface area (Å²) in [5.41, 5.74) is 0.837. The maximum atomic E-state index is 13.5. The van der Waals surface area contributed by atoms with E-state index in [1.165, 1.54) is 12.1 Å². The van der Waals surface area contributed by atoms with Gasteiger partial charge in [0.1, 0.15) is 23.1 Å². The molecule has 4 heteroatoms. The molecule has 0 spiro atoms. The molecule has 0 saturated heterocycles. The maximum Gasteiger partial charge on any atom is 0.131 e. The third-order valence-corrected chi connectivity index (χ3v) is 2.66. The van der Waals surface area contributed by atoms with Gasteiger partial charge in [-0.3, -0.25) is 0 Å². The van der Waals surface area contributed by atoms with Gasteiger partial charge in [0.15, 0.2) is 0 Å². The van der Waals surface area contributed by atoms with Gasteiger partial charge in [-0.05, 0) is 43.8 Å². The largest absolute Gasteiger partial charge is 0.494 e. The summed E-state index contributed by atoms with van der Waals surface area (Å²) in [6, 6.07) is 12.0. The van der Waals surface area contributed by atoms with E-state index in [4.69, 9.17) is 9.47 Å². The average molecular weight is 275 g/mol. The van der Waals surface area contributed by atoms with E-state index in [0.29, 0.717) is 24.7 Å². The van der Waals surface area contributed by atoms with E-state index < -0.39 is 0 Å². The van der Waals surface area contributed by atoms with Crippen molar-refractivity contribution in [3.05, 3.63) is 53.8 Å². The molecule has 2 aromatic rings. The summed E-state index contributed by atoms with van der Waals surface area (Å²) in [5.74, 6) is 1.52. The summed E-state index contributed by atoms with van der Waals surface area (Å²) in [6.45, 7) is 3.10. The summed E-state index contributed by atoms with van der Waals surface area (Å²) in [6.07, 6.45) is 0. The van der Waals surface area contributed by atoms with Crippen LogP contribution in [0.2, 0.25) is 0 Å². The highest BCUT2D eigenvalue weighted by Gasteiger charge is 2.04. The highest BCUT2D eigenvalue weighted by atomic mass is 19.1. The molecule has 0 aromatic heterocycles. The molecule has 0 radical (unpaired) electrons. The van der Waals surface area contributed by atoms with E-state index in [1.54, 1.807) is 6.07 Å². The Morgan fingerprint density at radius 3 is 2.60 bits per heavy atom. The van der Waals surface area contributed by atoms with Crippen LogP contribution in [-0.2, 0) is 6.54 Å². The van der Waals surface area contributed by atoms with Gasteiger partial charge in [-0.1, -0.05) is 6.07 Å². The zero-order valence-corrected chi connectivity index (χ0v) is 11.7. The van der Waals surface area contributed by atoms with Gasteiger partial charge in [-0.2, -0.15) is 0 Å². The Balaban J connectivity index is 2.18. The molecular weight excluding hydrogens is 257 g/mol. The van der Waals surface area contributed by atoms with Crippen LogP contribution >= 0.6 is 0 Å². The fourth-order valence-corrected chi connectivity index (χ4v) is 1.92. The van der Waals surface area contributed by atoms with Crippen LogP contribution in [0.3, 0.4) is 0 Å². The standard InChI is InChI=1S/C16H18FNO2/c1-3-19-14-5-4-6-15(10-14)20-16-8-12(11-18-2)7-13(17)9-16/h4-10,18H,3,11H2,1-2H3. The van der Waals surface area contributed by atoms with Crippen LogP contribution in [-0.4, -0.2) is 13.7 Å². The molecule has 0 heterocycles. The second-order valence-corrected chi connectivity index (χ2v) is 4.34. The van der Waals surface area contributed by atoms with Crippen LogP contribution in [0.25, 0.3) is 0 Å². The molecule has 20 heavy (non-hydrogen) atoms. The van der Waals surface area contributed by atoms with Crippen molar-refractivity contribution in [2.45, 2.75) is 13.5 Å². The fourth-order valence-electron chi connectivity index (χ4n) is 1.92. The maximum absolute atomic E-state index is 13.5. The van der Waals surface area contributed by atoms with Gasteiger partial charge in [0.05, 0.1) is 6.61 Å². The number of nitrogens with one attached hydrogen (secondary N) is 1. The highest BCUT2D eigenvalue weighted by molar-refractivity contribution is 5.38. The zero-order valence-electron chi connectivity index (χ0n) is 11.7. The first-order valence-corrected chi connectivity index (χ1v) is 6.56. The van der Waals surface area contributed by atoms with Crippen molar-refractivity contribution in [2.24, 2.45) is 0 Å². The molecule has 0 saturated carbocycles. The molecule has 0 unspecified atom stereocenters. The van der Waals surface area contributed by atoms with Crippen molar-refractivity contribution in [1.29, 1.82) is 0 Å². The minimum atomic E-state index is -0.311. The van der Waals surface area contributed by atoms with Gasteiger partial charge in [0.2, 0.25) is 0 Å². The van der Waals surface area contributed by atoms with Crippen LogP contribution in [0.4, 0.5) is 4.39 Å². The van der Waals surface area contributed by atoms with Crippen LogP contribution in [0.1, 0.15) is 12.5 Å². The number of halogens is 1. The minimum Gasteiger partial charge on any atom is -0.494 e. The average Bonchev–Trinajstić information content (AvgIpc) is 2.39. The van der Waals surface area contributed by atoms with Gasteiger partial charge >= 0.3 is 0 Å². The normalized spacial score (nSPS) is 10.3. The molecule has 0 fully saturated rings. The van der Waals surface area contributed by atoms with Crippen LogP contribution in [0.5, 0.6) is 17.2 Å². The predicted octanol–water partition coefficient (Wildman–Crippen LogP) is 3.74.